The molecule has 2 N–H and O–H groups in total. The smallest absolute Gasteiger partial charge is 0.151 e. The van der Waals surface area contributed by atoms with Crippen LogP contribution in [0.4, 0.5) is 0 Å². The first-order chi connectivity index (χ1) is 9.95. The van der Waals surface area contributed by atoms with Gasteiger partial charge in [0.1, 0.15) is 0 Å². The number of nitrogens with one attached hydrogen (secondary N) is 2. The van der Waals surface area contributed by atoms with Crippen LogP contribution in [0.25, 0.3) is 0 Å². The monoisotopic (exact) mass is 283 g/mol. The summed E-state index contributed by atoms with van der Waals surface area (Å²) in [7, 11) is 0. The van der Waals surface area contributed by atoms with Crippen LogP contribution in [0.2, 0.25) is 0 Å². The molecule has 0 radical (unpaired) electrons. The molecule has 1 aliphatic rings. The lowest BCUT2D eigenvalue weighted by Gasteiger charge is -2.29. The topological polar surface area (TPSA) is 48.2 Å². The summed E-state index contributed by atoms with van der Waals surface area (Å²) < 4.78 is 0. The predicted octanol–water partition coefficient (Wildman–Crippen LogP) is 4.04. The van der Waals surface area contributed by atoms with E-state index in [0.29, 0.717) is 11.9 Å². The Morgan fingerprint density at radius 3 is 2.52 bits per heavy atom. The normalized spacial score (nSPS) is 15.2. The summed E-state index contributed by atoms with van der Waals surface area (Å²) in [5.74, 6) is 0.316. The van der Waals surface area contributed by atoms with Gasteiger partial charge < -0.3 is 5.32 Å². The van der Waals surface area contributed by atoms with Gasteiger partial charge in [-0.05, 0) is 24.8 Å². The van der Waals surface area contributed by atoms with Crippen molar-refractivity contribution in [1.82, 2.24) is 5.32 Å². The molecule has 0 spiro atoms. The highest BCUT2D eigenvalue weighted by Gasteiger charge is 2.29. The molecule has 0 aliphatic heterocycles. The highest BCUT2D eigenvalue weighted by Crippen LogP contribution is 2.32. The van der Waals surface area contributed by atoms with Crippen LogP contribution in [0, 0.1) is 5.41 Å². The van der Waals surface area contributed by atoms with Crippen molar-refractivity contribution < 1.29 is 0 Å². The van der Waals surface area contributed by atoms with Crippen LogP contribution in [0.5, 0.6) is 0 Å². The van der Waals surface area contributed by atoms with Crippen molar-refractivity contribution in [3.8, 4) is 0 Å². The Morgan fingerprint density at radius 1 is 1.38 bits per heavy atom. The molecule has 2 rings (SSSR count). The maximum absolute atomic E-state index is 7.92. The van der Waals surface area contributed by atoms with Crippen molar-refractivity contribution in [3.05, 3.63) is 47.7 Å². The minimum atomic E-state index is -0.115. The molecule has 1 aromatic carbocycles. The molecule has 0 heterocycles. The fourth-order valence-electron chi connectivity index (χ4n) is 2.13. The minimum absolute atomic E-state index is 0.115. The number of benzene rings is 1. The van der Waals surface area contributed by atoms with E-state index in [1.54, 1.807) is 6.21 Å². The summed E-state index contributed by atoms with van der Waals surface area (Å²) in [4.78, 5) is 4.12. The van der Waals surface area contributed by atoms with Crippen molar-refractivity contribution in [2.75, 3.05) is 0 Å². The Morgan fingerprint density at radius 2 is 2.00 bits per heavy atom. The lowest BCUT2D eigenvalue weighted by molar-refractivity contribution is 0.558. The highest BCUT2D eigenvalue weighted by molar-refractivity contribution is 6.00. The molecule has 1 aliphatic carbocycles. The quantitative estimate of drug-likeness (QED) is 0.601. The molecule has 0 atom stereocenters. The maximum Gasteiger partial charge on any atom is 0.151 e. The van der Waals surface area contributed by atoms with Crippen LogP contribution in [0.15, 0.2) is 41.5 Å². The van der Waals surface area contributed by atoms with E-state index in [1.165, 1.54) is 18.4 Å². The van der Waals surface area contributed by atoms with Gasteiger partial charge in [-0.2, -0.15) is 0 Å². The average molecular weight is 283 g/mol. The van der Waals surface area contributed by atoms with E-state index in [2.05, 4.69) is 42.9 Å². The Hall–Kier alpha value is -1.90. The van der Waals surface area contributed by atoms with Crippen molar-refractivity contribution >= 4 is 12.1 Å². The van der Waals surface area contributed by atoms with E-state index in [1.807, 2.05) is 19.1 Å². The van der Waals surface area contributed by atoms with Crippen LogP contribution in [-0.2, 0) is 5.41 Å². The van der Waals surface area contributed by atoms with Crippen LogP contribution >= 0.6 is 0 Å². The van der Waals surface area contributed by atoms with Crippen LogP contribution < -0.4 is 5.32 Å². The minimum Gasteiger partial charge on any atom is -0.385 e. The van der Waals surface area contributed by atoms with Crippen molar-refractivity contribution in [2.45, 2.75) is 51.5 Å². The molecule has 0 unspecified atom stereocenters. The summed E-state index contributed by atoms with van der Waals surface area (Å²) in [6.07, 6.45) is 5.11. The van der Waals surface area contributed by atoms with E-state index in [9.17, 15) is 0 Å². The van der Waals surface area contributed by atoms with E-state index in [-0.39, 0.29) is 5.41 Å². The van der Waals surface area contributed by atoms with Gasteiger partial charge >= 0.3 is 0 Å². The molecule has 1 saturated carbocycles. The summed E-state index contributed by atoms with van der Waals surface area (Å²) in [6.45, 7) is 10.6. The third kappa shape index (κ3) is 3.81. The number of hydrogen-bond donors (Lipinski definition) is 2. The molecule has 1 aromatic rings. The second-order valence-electron chi connectivity index (χ2n) is 6.17. The zero-order valence-corrected chi connectivity index (χ0v) is 13.2. The largest absolute Gasteiger partial charge is 0.385 e. The van der Waals surface area contributed by atoms with Crippen LogP contribution in [-0.4, -0.2) is 18.1 Å². The van der Waals surface area contributed by atoms with E-state index >= 15 is 0 Å². The summed E-state index contributed by atoms with van der Waals surface area (Å²) in [5, 5.41) is 11.4. The van der Waals surface area contributed by atoms with Gasteiger partial charge in [-0.25, -0.2) is 4.99 Å². The summed E-state index contributed by atoms with van der Waals surface area (Å²) >= 11 is 0. The molecule has 3 nitrogen and oxygen atoms in total. The zero-order valence-electron chi connectivity index (χ0n) is 13.2. The van der Waals surface area contributed by atoms with Gasteiger partial charge in [-0.1, -0.05) is 51.6 Å². The Bertz CT molecular complexity index is 548. The Balaban J connectivity index is 2.11. The molecule has 1 fully saturated rings. The van der Waals surface area contributed by atoms with Gasteiger partial charge in [0.25, 0.3) is 0 Å². The molecule has 112 valence electrons. The lowest BCUT2D eigenvalue weighted by Crippen LogP contribution is -2.31. The molecule has 0 bridgehead atoms. The Labute approximate surface area is 127 Å². The zero-order chi connectivity index (χ0) is 15.5. The van der Waals surface area contributed by atoms with Gasteiger partial charge in [-0.15, -0.1) is 0 Å². The van der Waals surface area contributed by atoms with Gasteiger partial charge in [0, 0.05) is 28.9 Å². The van der Waals surface area contributed by atoms with Gasteiger partial charge in [0.15, 0.2) is 5.84 Å². The highest BCUT2D eigenvalue weighted by atomic mass is 15.0. The average Bonchev–Trinajstić information content (AvgIpc) is 3.28. The number of nitrogens with zero attached hydrogens (tertiary/aromatic N) is 1. The molecule has 0 saturated heterocycles. The second-order valence-corrected chi connectivity index (χ2v) is 6.17. The maximum atomic E-state index is 7.92. The number of aliphatic imine (C=N–C) groups is 1. The molecular formula is C18H25N3. The van der Waals surface area contributed by atoms with Crippen molar-refractivity contribution in [1.29, 1.82) is 5.41 Å². The van der Waals surface area contributed by atoms with E-state index in [0.717, 1.165) is 17.7 Å². The summed E-state index contributed by atoms with van der Waals surface area (Å²) in [5.41, 5.74) is 3.00. The molecule has 3 heteroatoms. The number of allylic oxidation sites excluding steroid dienone is 1. The lowest BCUT2D eigenvalue weighted by atomic mass is 9.81. The standard InChI is InChI=1S/C18H25N3/c1-5-12-20-17(19)14-6-8-15(9-7-14)18(3,4)13(2)21-16-10-11-16/h6-9,12,16,19,21H,2,5,10-11H2,1,3-4H3. The second kappa shape index (κ2) is 6.25. The number of rotatable bonds is 6. The first-order valence-corrected chi connectivity index (χ1v) is 7.63. The van der Waals surface area contributed by atoms with Gasteiger partial charge in [0.2, 0.25) is 0 Å². The predicted molar refractivity (Wildman–Crippen MR) is 90.4 cm³/mol. The van der Waals surface area contributed by atoms with Crippen molar-refractivity contribution in [3.63, 3.8) is 0 Å². The fraction of sp³-hybridized carbons (Fsp3) is 0.444. The van der Waals surface area contributed by atoms with Crippen LogP contribution in [0.1, 0.15) is 51.2 Å². The first kappa shape index (κ1) is 15.5. The molecule has 0 aromatic heterocycles. The van der Waals surface area contributed by atoms with Crippen molar-refractivity contribution in [2.24, 2.45) is 4.99 Å². The third-order valence-electron chi connectivity index (χ3n) is 3.99. The molecule has 21 heavy (non-hydrogen) atoms. The van der Waals surface area contributed by atoms with Crippen LogP contribution in [0.3, 0.4) is 0 Å². The van der Waals surface area contributed by atoms with E-state index in [4.69, 9.17) is 5.41 Å². The van der Waals surface area contributed by atoms with E-state index < -0.39 is 0 Å². The van der Waals surface area contributed by atoms with Gasteiger partial charge in [0.05, 0.1) is 0 Å². The molecule has 0 amide bonds. The van der Waals surface area contributed by atoms with Gasteiger partial charge in [-0.3, -0.25) is 5.41 Å². The summed E-state index contributed by atoms with van der Waals surface area (Å²) in [6, 6.07) is 8.71. The number of amidine groups is 1. The molecular weight excluding hydrogens is 258 g/mol. The first-order valence-electron chi connectivity index (χ1n) is 7.63. The third-order valence-corrected chi connectivity index (χ3v) is 3.99. The fourth-order valence-corrected chi connectivity index (χ4v) is 2.13. The SMILES string of the molecule is C=C(NC1CC1)C(C)(C)c1ccc(C(=N)N=CCC)cc1. The number of hydrogen-bond acceptors (Lipinski definition) is 2. The Kier molecular flexibility index (Phi) is 4.61.